The molecule has 0 saturated carbocycles. The average molecular weight is 416 g/mol. The van der Waals surface area contributed by atoms with Gasteiger partial charge in [0.25, 0.3) is 0 Å². The number of Topliss-reactive ketones (excluding diaryl/α,β-unsaturated/α-hetero) is 1. The first-order chi connectivity index (χ1) is 13.8. The fourth-order valence-corrected chi connectivity index (χ4v) is 4.19. The Hall–Kier alpha value is -2.77. The van der Waals surface area contributed by atoms with Crippen LogP contribution in [0.2, 0.25) is 0 Å². The number of ketones is 1. The predicted octanol–water partition coefficient (Wildman–Crippen LogP) is 3.54. The summed E-state index contributed by atoms with van der Waals surface area (Å²) in [4.78, 5) is 24.4. The molecule has 0 heterocycles. The maximum Gasteiger partial charge on any atom is 0.331 e. The number of nitrogens with zero attached hydrogens (tertiary/aromatic N) is 1. The van der Waals surface area contributed by atoms with Crippen LogP contribution in [0.4, 0.5) is 0 Å². The molecule has 0 bridgehead atoms. The van der Waals surface area contributed by atoms with Crippen LogP contribution >= 0.6 is 0 Å². The maximum atomic E-state index is 12.5. The van der Waals surface area contributed by atoms with Gasteiger partial charge in [0.05, 0.1) is 4.90 Å². The summed E-state index contributed by atoms with van der Waals surface area (Å²) in [6.45, 7) is 5.88. The van der Waals surface area contributed by atoms with E-state index < -0.39 is 22.1 Å². The Morgan fingerprint density at radius 1 is 1.00 bits per heavy atom. The van der Waals surface area contributed by atoms with E-state index in [1.54, 1.807) is 56.3 Å². The number of hydrogen-bond acceptors (Lipinski definition) is 5. The van der Waals surface area contributed by atoms with Gasteiger partial charge < -0.3 is 4.74 Å². The quantitative estimate of drug-likeness (QED) is 0.355. The number of sulfonamides is 1. The van der Waals surface area contributed by atoms with Crippen molar-refractivity contribution in [2.45, 2.75) is 31.8 Å². The Balaban J connectivity index is 2.01. The third kappa shape index (κ3) is 5.85. The highest BCUT2D eigenvalue weighted by Gasteiger charge is 2.21. The van der Waals surface area contributed by atoms with Crippen molar-refractivity contribution in [1.29, 1.82) is 0 Å². The maximum absolute atomic E-state index is 12.5. The number of esters is 1. The van der Waals surface area contributed by atoms with Crippen LogP contribution < -0.4 is 0 Å². The fourth-order valence-electron chi connectivity index (χ4n) is 2.73. The minimum atomic E-state index is -3.52. The van der Waals surface area contributed by atoms with Gasteiger partial charge in [-0.05, 0) is 30.7 Å². The monoisotopic (exact) mass is 415 g/mol. The minimum absolute atomic E-state index is 0.197. The van der Waals surface area contributed by atoms with Crippen molar-refractivity contribution in [3.8, 4) is 0 Å². The lowest BCUT2D eigenvalue weighted by Crippen LogP contribution is -2.30. The lowest BCUT2D eigenvalue weighted by molar-refractivity contribution is -0.140. The van der Waals surface area contributed by atoms with Crippen molar-refractivity contribution in [3.63, 3.8) is 0 Å². The van der Waals surface area contributed by atoms with Crippen LogP contribution in [0.15, 0.2) is 65.6 Å². The second-order valence-electron chi connectivity index (χ2n) is 6.30. The Labute approximate surface area is 171 Å². The molecule has 1 unspecified atom stereocenters. The molecule has 0 aromatic heterocycles. The minimum Gasteiger partial charge on any atom is -0.451 e. The first kappa shape index (κ1) is 22.5. The van der Waals surface area contributed by atoms with E-state index in [2.05, 4.69) is 0 Å². The summed E-state index contributed by atoms with van der Waals surface area (Å²) in [6, 6.07) is 14.8. The highest BCUT2D eigenvalue weighted by molar-refractivity contribution is 7.89. The van der Waals surface area contributed by atoms with Crippen molar-refractivity contribution in [2.24, 2.45) is 0 Å². The molecule has 0 radical (unpaired) electrons. The van der Waals surface area contributed by atoms with E-state index in [4.69, 9.17) is 4.74 Å². The Morgan fingerprint density at radius 3 is 2.14 bits per heavy atom. The molecule has 2 aromatic rings. The van der Waals surface area contributed by atoms with Gasteiger partial charge in [-0.3, -0.25) is 4.79 Å². The summed E-state index contributed by atoms with van der Waals surface area (Å²) in [5, 5.41) is 0. The van der Waals surface area contributed by atoms with Gasteiger partial charge in [0.2, 0.25) is 15.8 Å². The standard InChI is InChI=1S/C22H25NO5S/c1-4-23(5-2)29(26,27)20-14-11-18(12-15-20)13-16-21(24)28-17(3)22(25)19-9-7-6-8-10-19/h6-17H,4-5H2,1-3H3. The third-order valence-electron chi connectivity index (χ3n) is 4.36. The molecule has 0 aliphatic rings. The molecule has 29 heavy (non-hydrogen) atoms. The smallest absolute Gasteiger partial charge is 0.331 e. The largest absolute Gasteiger partial charge is 0.451 e. The SMILES string of the molecule is CCN(CC)S(=O)(=O)c1ccc(C=CC(=O)OC(C)C(=O)c2ccccc2)cc1. The van der Waals surface area contributed by atoms with Crippen LogP contribution in [0.5, 0.6) is 0 Å². The summed E-state index contributed by atoms with van der Waals surface area (Å²) in [5.74, 6) is -0.931. The first-order valence-corrected chi connectivity index (χ1v) is 10.8. The van der Waals surface area contributed by atoms with E-state index in [0.717, 1.165) is 0 Å². The van der Waals surface area contributed by atoms with Gasteiger partial charge >= 0.3 is 5.97 Å². The zero-order valence-electron chi connectivity index (χ0n) is 16.7. The normalized spacial score (nSPS) is 12.8. The second kappa shape index (κ2) is 10.1. The summed E-state index contributed by atoms with van der Waals surface area (Å²) in [6.07, 6.45) is 1.81. The summed E-state index contributed by atoms with van der Waals surface area (Å²) in [5.41, 5.74) is 1.12. The number of carbonyl (C=O) groups excluding carboxylic acids is 2. The van der Waals surface area contributed by atoms with Crippen molar-refractivity contribution in [2.75, 3.05) is 13.1 Å². The molecular formula is C22H25NO5S. The Morgan fingerprint density at radius 2 is 1.59 bits per heavy atom. The zero-order chi connectivity index (χ0) is 21.4. The molecule has 0 fully saturated rings. The summed E-state index contributed by atoms with van der Waals surface area (Å²) < 4.78 is 31.5. The number of ether oxygens (including phenoxy) is 1. The van der Waals surface area contributed by atoms with Gasteiger partial charge in [-0.15, -0.1) is 0 Å². The van der Waals surface area contributed by atoms with Gasteiger partial charge in [0, 0.05) is 24.7 Å². The fraction of sp³-hybridized carbons (Fsp3) is 0.273. The van der Waals surface area contributed by atoms with Gasteiger partial charge in [-0.1, -0.05) is 56.3 Å². The molecular weight excluding hydrogens is 390 g/mol. The molecule has 154 valence electrons. The van der Waals surface area contributed by atoms with E-state index in [1.807, 2.05) is 0 Å². The van der Waals surface area contributed by atoms with Crippen LogP contribution in [0.25, 0.3) is 6.08 Å². The van der Waals surface area contributed by atoms with Gasteiger partial charge in [0.1, 0.15) is 0 Å². The number of hydrogen-bond donors (Lipinski definition) is 0. The van der Waals surface area contributed by atoms with Crippen LogP contribution in [0.3, 0.4) is 0 Å². The molecule has 0 aliphatic carbocycles. The van der Waals surface area contributed by atoms with Crippen LogP contribution in [0, 0.1) is 0 Å². The number of benzene rings is 2. The zero-order valence-corrected chi connectivity index (χ0v) is 17.6. The average Bonchev–Trinajstić information content (AvgIpc) is 2.73. The lowest BCUT2D eigenvalue weighted by atomic mass is 10.1. The molecule has 0 N–H and O–H groups in total. The lowest BCUT2D eigenvalue weighted by Gasteiger charge is -2.18. The molecule has 1 atom stereocenters. The highest BCUT2D eigenvalue weighted by atomic mass is 32.2. The van der Waals surface area contributed by atoms with Crippen LogP contribution in [-0.4, -0.2) is 43.7 Å². The second-order valence-corrected chi connectivity index (χ2v) is 8.24. The van der Waals surface area contributed by atoms with Gasteiger partial charge in [-0.25, -0.2) is 13.2 Å². The van der Waals surface area contributed by atoms with Crippen LogP contribution in [0.1, 0.15) is 36.7 Å². The van der Waals surface area contributed by atoms with Crippen LogP contribution in [-0.2, 0) is 19.6 Å². The van der Waals surface area contributed by atoms with E-state index in [9.17, 15) is 18.0 Å². The summed E-state index contributed by atoms with van der Waals surface area (Å²) in [7, 11) is -3.52. The van der Waals surface area contributed by atoms with E-state index in [0.29, 0.717) is 24.2 Å². The molecule has 2 rings (SSSR count). The first-order valence-electron chi connectivity index (χ1n) is 9.37. The van der Waals surface area contributed by atoms with E-state index in [-0.39, 0.29) is 10.7 Å². The number of carbonyl (C=O) groups is 2. The van der Waals surface area contributed by atoms with Crippen molar-refractivity contribution in [1.82, 2.24) is 4.31 Å². The third-order valence-corrected chi connectivity index (χ3v) is 6.42. The van der Waals surface area contributed by atoms with Crippen molar-refractivity contribution in [3.05, 3.63) is 71.8 Å². The molecule has 6 nitrogen and oxygen atoms in total. The molecule has 0 spiro atoms. The molecule has 0 aliphatic heterocycles. The summed E-state index contributed by atoms with van der Waals surface area (Å²) >= 11 is 0. The van der Waals surface area contributed by atoms with Crippen molar-refractivity contribution < 1.29 is 22.7 Å². The van der Waals surface area contributed by atoms with Gasteiger partial charge in [0.15, 0.2) is 6.10 Å². The Kier molecular flexibility index (Phi) is 7.87. The predicted molar refractivity (Wildman–Crippen MR) is 112 cm³/mol. The van der Waals surface area contributed by atoms with Crippen molar-refractivity contribution >= 4 is 27.9 Å². The Bertz CT molecular complexity index is 962. The molecule has 2 aromatic carbocycles. The van der Waals surface area contributed by atoms with E-state index >= 15 is 0 Å². The topological polar surface area (TPSA) is 80.8 Å². The number of rotatable bonds is 9. The molecule has 7 heteroatoms. The highest BCUT2D eigenvalue weighted by Crippen LogP contribution is 2.17. The van der Waals surface area contributed by atoms with E-state index in [1.165, 1.54) is 35.5 Å². The molecule has 0 amide bonds. The van der Waals surface area contributed by atoms with Gasteiger partial charge in [-0.2, -0.15) is 4.31 Å². The molecule has 0 saturated heterocycles.